The molecule has 1 fully saturated rings. The van der Waals surface area contributed by atoms with Crippen LogP contribution in [-0.2, 0) is 14.3 Å². The average Bonchev–Trinajstić information content (AvgIpc) is 2.77. The molecule has 3 nitrogen and oxygen atoms in total. The van der Waals surface area contributed by atoms with Gasteiger partial charge in [-0.2, -0.15) is 0 Å². The highest BCUT2D eigenvalue weighted by molar-refractivity contribution is 5.85. The minimum absolute atomic E-state index is 0.160. The van der Waals surface area contributed by atoms with Gasteiger partial charge in [-0.1, -0.05) is 26.7 Å². The van der Waals surface area contributed by atoms with Crippen molar-refractivity contribution in [3.63, 3.8) is 0 Å². The van der Waals surface area contributed by atoms with Gasteiger partial charge in [0.25, 0.3) is 0 Å². The van der Waals surface area contributed by atoms with Crippen LogP contribution in [0.15, 0.2) is 0 Å². The summed E-state index contributed by atoms with van der Waals surface area (Å²) < 4.78 is 5.21. The molecule has 0 bridgehead atoms. The van der Waals surface area contributed by atoms with E-state index in [1.54, 1.807) is 0 Å². The maximum absolute atomic E-state index is 12.1. The van der Waals surface area contributed by atoms with Crippen LogP contribution in [0.1, 0.15) is 66.2 Å². The lowest BCUT2D eigenvalue weighted by molar-refractivity contribution is -0.154. The van der Waals surface area contributed by atoms with Crippen LogP contribution < -0.4 is 0 Å². The molecule has 0 amide bonds. The van der Waals surface area contributed by atoms with Crippen LogP contribution in [0.25, 0.3) is 0 Å². The Bertz CT molecular complexity index is 312. The molecule has 0 aromatic heterocycles. The Labute approximate surface area is 110 Å². The van der Waals surface area contributed by atoms with Gasteiger partial charge in [0, 0.05) is 11.8 Å². The van der Waals surface area contributed by atoms with E-state index in [1.165, 1.54) is 0 Å². The van der Waals surface area contributed by atoms with E-state index >= 15 is 0 Å². The molecule has 0 aliphatic heterocycles. The predicted molar refractivity (Wildman–Crippen MR) is 71.2 cm³/mol. The molecule has 0 radical (unpaired) electrons. The molecule has 0 atom stereocenters. The van der Waals surface area contributed by atoms with Crippen LogP contribution in [0, 0.1) is 10.8 Å². The number of carbonyl (C=O) groups is 2. The molecule has 0 saturated heterocycles. The second-order valence-corrected chi connectivity index (χ2v) is 6.31. The summed E-state index contributed by atoms with van der Waals surface area (Å²) in [6.07, 6.45) is 5.37. The number of hydrogen-bond donors (Lipinski definition) is 0. The molecule has 0 aromatic carbocycles. The smallest absolute Gasteiger partial charge is 0.311 e. The molecule has 1 rings (SSSR count). The van der Waals surface area contributed by atoms with Gasteiger partial charge in [-0.15, -0.1) is 0 Å². The Morgan fingerprint density at radius 2 is 1.78 bits per heavy atom. The second-order valence-electron chi connectivity index (χ2n) is 6.31. The molecule has 0 N–H and O–H groups in total. The number of esters is 1. The van der Waals surface area contributed by atoms with E-state index in [-0.39, 0.29) is 23.8 Å². The number of hydrogen-bond acceptors (Lipinski definition) is 3. The van der Waals surface area contributed by atoms with E-state index < -0.39 is 5.41 Å². The molecule has 0 unspecified atom stereocenters. The van der Waals surface area contributed by atoms with E-state index in [1.807, 2.05) is 27.7 Å². The minimum atomic E-state index is -0.444. The third kappa shape index (κ3) is 3.56. The van der Waals surface area contributed by atoms with Gasteiger partial charge in [-0.05, 0) is 33.1 Å². The summed E-state index contributed by atoms with van der Waals surface area (Å²) in [6.45, 7) is 7.98. The maximum Gasteiger partial charge on any atom is 0.311 e. The molecule has 1 saturated carbocycles. The lowest BCUT2D eigenvalue weighted by Gasteiger charge is -2.23. The minimum Gasteiger partial charge on any atom is -0.465 e. The van der Waals surface area contributed by atoms with Crippen molar-refractivity contribution in [2.45, 2.75) is 66.2 Å². The van der Waals surface area contributed by atoms with E-state index in [0.717, 1.165) is 32.1 Å². The van der Waals surface area contributed by atoms with Gasteiger partial charge in [-0.25, -0.2) is 0 Å². The zero-order valence-electron chi connectivity index (χ0n) is 12.2. The first-order chi connectivity index (χ1) is 8.32. The third-order valence-corrected chi connectivity index (χ3v) is 4.38. The van der Waals surface area contributed by atoms with Crippen LogP contribution in [0.5, 0.6) is 0 Å². The maximum atomic E-state index is 12.1. The zero-order chi connectivity index (χ0) is 13.8. The lowest BCUT2D eigenvalue weighted by Crippen LogP contribution is -2.29. The zero-order valence-corrected chi connectivity index (χ0v) is 12.2. The topological polar surface area (TPSA) is 43.4 Å². The van der Waals surface area contributed by atoms with Gasteiger partial charge in [0.15, 0.2) is 0 Å². The Kier molecular flexibility index (Phi) is 4.94. The van der Waals surface area contributed by atoms with E-state index in [9.17, 15) is 9.59 Å². The number of Topliss-reactive ketones (excluding diaryl/α,β-unsaturated/α-hetero) is 1. The third-order valence-electron chi connectivity index (χ3n) is 4.38. The van der Waals surface area contributed by atoms with Gasteiger partial charge in [-0.3, -0.25) is 9.59 Å². The summed E-state index contributed by atoms with van der Waals surface area (Å²) in [5.74, 6) is 0.0523. The molecule has 104 valence electrons. The summed E-state index contributed by atoms with van der Waals surface area (Å²) in [5, 5.41) is 0. The Balaban J connectivity index is 2.34. The molecule has 0 spiro atoms. The molecular weight excluding hydrogens is 228 g/mol. The highest BCUT2D eigenvalue weighted by Gasteiger charge is 2.35. The van der Waals surface area contributed by atoms with Crippen molar-refractivity contribution in [1.82, 2.24) is 0 Å². The SMILES string of the molecule is CCC(C)(C)C(=O)OCCC(=O)C1(C)CCCC1. The standard InChI is InChI=1S/C15H26O3/c1-5-14(2,3)13(17)18-11-8-12(16)15(4)9-6-7-10-15/h5-11H2,1-4H3. The molecular formula is C15H26O3. The van der Waals surface area contributed by atoms with Gasteiger partial charge < -0.3 is 4.74 Å². The van der Waals surface area contributed by atoms with Crippen molar-refractivity contribution in [2.24, 2.45) is 10.8 Å². The summed E-state index contributed by atoms with van der Waals surface area (Å²) >= 11 is 0. The van der Waals surface area contributed by atoms with E-state index in [2.05, 4.69) is 0 Å². The quantitative estimate of drug-likeness (QED) is 0.681. The molecule has 3 heteroatoms. The summed E-state index contributed by atoms with van der Waals surface area (Å²) in [6, 6.07) is 0. The monoisotopic (exact) mass is 254 g/mol. The highest BCUT2D eigenvalue weighted by Crippen LogP contribution is 2.39. The summed E-state index contributed by atoms with van der Waals surface area (Å²) in [5.41, 5.74) is -0.604. The van der Waals surface area contributed by atoms with Crippen LogP contribution in [-0.4, -0.2) is 18.4 Å². The molecule has 0 aromatic rings. The fourth-order valence-electron chi connectivity index (χ4n) is 2.31. The Hall–Kier alpha value is -0.860. The predicted octanol–water partition coefficient (Wildman–Crippen LogP) is 3.51. The van der Waals surface area contributed by atoms with Gasteiger partial charge in [0.05, 0.1) is 12.0 Å². The largest absolute Gasteiger partial charge is 0.465 e. The van der Waals surface area contributed by atoms with Crippen molar-refractivity contribution >= 4 is 11.8 Å². The van der Waals surface area contributed by atoms with Crippen LogP contribution in [0.3, 0.4) is 0 Å². The number of carbonyl (C=O) groups excluding carboxylic acids is 2. The van der Waals surface area contributed by atoms with Crippen molar-refractivity contribution < 1.29 is 14.3 Å². The molecule has 1 aliphatic carbocycles. The van der Waals surface area contributed by atoms with Crippen molar-refractivity contribution in [3.05, 3.63) is 0 Å². The molecule has 0 heterocycles. The highest BCUT2D eigenvalue weighted by atomic mass is 16.5. The number of ether oxygens (including phenoxy) is 1. The first-order valence-electron chi connectivity index (χ1n) is 7.02. The fourth-order valence-corrected chi connectivity index (χ4v) is 2.31. The number of ketones is 1. The number of rotatable bonds is 6. The van der Waals surface area contributed by atoms with Gasteiger partial charge in [0.2, 0.25) is 0 Å². The first kappa shape index (κ1) is 15.2. The van der Waals surface area contributed by atoms with Crippen molar-refractivity contribution in [3.8, 4) is 0 Å². The van der Waals surface area contributed by atoms with Crippen LogP contribution in [0.4, 0.5) is 0 Å². The van der Waals surface area contributed by atoms with Gasteiger partial charge >= 0.3 is 5.97 Å². The average molecular weight is 254 g/mol. The molecule has 18 heavy (non-hydrogen) atoms. The summed E-state index contributed by atoms with van der Waals surface area (Å²) in [7, 11) is 0. The van der Waals surface area contributed by atoms with Crippen molar-refractivity contribution in [1.29, 1.82) is 0 Å². The first-order valence-corrected chi connectivity index (χ1v) is 7.02. The second kappa shape index (κ2) is 5.85. The fraction of sp³-hybridized carbons (Fsp3) is 0.867. The van der Waals surface area contributed by atoms with Crippen LogP contribution in [0.2, 0.25) is 0 Å². The van der Waals surface area contributed by atoms with Crippen LogP contribution >= 0.6 is 0 Å². The van der Waals surface area contributed by atoms with E-state index in [0.29, 0.717) is 6.42 Å². The lowest BCUT2D eigenvalue weighted by atomic mass is 9.83. The summed E-state index contributed by atoms with van der Waals surface area (Å²) in [4.78, 5) is 23.8. The Morgan fingerprint density at radius 1 is 1.22 bits per heavy atom. The van der Waals surface area contributed by atoms with Gasteiger partial charge in [0.1, 0.15) is 5.78 Å². The normalized spacial score (nSPS) is 18.7. The molecule has 1 aliphatic rings. The van der Waals surface area contributed by atoms with Crippen molar-refractivity contribution in [2.75, 3.05) is 6.61 Å². The van der Waals surface area contributed by atoms with E-state index in [4.69, 9.17) is 4.74 Å². The Morgan fingerprint density at radius 3 is 2.28 bits per heavy atom.